The Hall–Kier alpha value is -13.1. The van der Waals surface area contributed by atoms with Crippen molar-refractivity contribution in [1.82, 2.24) is 71.4 Å². The van der Waals surface area contributed by atoms with E-state index in [0.29, 0.717) is 80.7 Å². The zero-order chi connectivity index (χ0) is 92.7. The summed E-state index contributed by atoms with van der Waals surface area (Å²) in [7, 11) is 3.19. The molecule has 36 heteroatoms. The van der Waals surface area contributed by atoms with Crippen LogP contribution in [0.4, 0.5) is 16.4 Å². The molecule has 14 rings (SSSR count). The van der Waals surface area contributed by atoms with E-state index in [-0.39, 0.29) is 108 Å². The van der Waals surface area contributed by atoms with E-state index in [0.717, 1.165) is 93.8 Å². The number of hydrogen-bond donors (Lipinski definition) is 9. The highest BCUT2D eigenvalue weighted by molar-refractivity contribution is 8.08. The van der Waals surface area contributed by atoms with Crippen molar-refractivity contribution in [2.24, 2.45) is 12.8 Å². The van der Waals surface area contributed by atoms with E-state index < -0.39 is 97.1 Å². The third-order valence-electron chi connectivity index (χ3n) is 23.5. The standard InChI is InChI=1S/C96H107N17O17S2/c1-95(39-46-109(47-40-95)67-35-43-110(44-36-67)93-106-74-30-27-65(73-59-108(2)90(122)85-71(73)34-42-98-85)55-72(74)88(107-93)96(130-68-28-29-68,66-20-10-5-11-21-66)60-129-62-103-79(115)33-32-78(97)114)104-41-16-19-64-26-31-77(126-3)76(54-64)111-45-37-84(120)113(94(111)125)61-102-82(118)57-101-89(121)75(53-63-17-8-4-9-18-63)105-83(119)58-100-81(117)56-99-80(116)38-49-127-51-52-128-50-48-112-91(123)86(131-69-22-12-6-13-23-69)87(92(112)124)132-70-24-14-7-15-25-70/h4-15,17-18,20-27,30-31,34,42,54-55,59,67-68,75,98,104H,28-29,32-33,35-41,43-53,56-58,60-62H2,1-3H3,(H2,97,114)(H,99,116)(H,100,117)(H,101,121)(H,102,118)(H,103,115)(H,105,119)/t75-,96-/m0/s1. The number of hydrogen-bond acceptors (Lipinski definition) is 24. The van der Waals surface area contributed by atoms with Crippen LogP contribution < -0.4 is 63.0 Å². The Morgan fingerprint density at radius 3 is 1.97 bits per heavy atom. The SMILES string of the molecule is COc1ccc(C#CCNC2(C)CCN(C3CCN(c4nc([C@@](COCNC(=O)CCC(N)=O)(OC5CC5)c5ccccc5)c5cc(-c6cn(C)c(=O)c7[nH]ccc67)ccc5n4)CC3)CC2)cc1N1CCC(=O)N(CNC(=O)CNC(=O)[C@H](Cc2ccccc2)NC(=O)CNC(=O)CNC(=O)CCOCCOCCN2C(=O)C(Sc3ccccc3)=C(Sc3ccccc3)C2=O)C1=O. The third-order valence-corrected chi connectivity index (χ3v) is 25.8. The molecule has 9 aromatic rings. The number of anilines is 2. The predicted octanol–water partition coefficient (Wildman–Crippen LogP) is 6.63. The number of nitrogens with one attached hydrogen (secondary N) is 8. The number of methoxy groups -OCH3 is 1. The number of benzene rings is 6. The minimum atomic E-state index is -1.30. The van der Waals surface area contributed by atoms with Crippen LogP contribution in [-0.4, -0.2) is 242 Å². The number of carbonyl (C=O) groups is 11. The maximum atomic E-state index is 14.2. The number of imide groups is 2. The number of aromatic amines is 1. The summed E-state index contributed by atoms with van der Waals surface area (Å²) >= 11 is 2.48. The maximum absolute atomic E-state index is 14.2. The average Bonchev–Trinajstić information content (AvgIpc) is 1.44. The number of likely N-dealkylation sites (tertiary alicyclic amines) is 1. The van der Waals surface area contributed by atoms with Gasteiger partial charge in [0.05, 0.1) is 106 Å². The summed E-state index contributed by atoms with van der Waals surface area (Å²) in [4.78, 5) is 183. The van der Waals surface area contributed by atoms with Crippen LogP contribution in [-0.2, 0) is 86.0 Å². The number of ether oxygens (including phenoxy) is 5. The summed E-state index contributed by atoms with van der Waals surface area (Å²) in [5.74, 6) is 1.64. The second-order valence-corrected chi connectivity index (χ2v) is 35.0. The summed E-state index contributed by atoms with van der Waals surface area (Å²) in [6, 6.07) is 48.8. The number of thioether (sulfide) groups is 2. The Morgan fingerprint density at radius 1 is 0.644 bits per heavy atom. The Bertz CT molecular complexity index is 5800. The zero-order valence-electron chi connectivity index (χ0n) is 73.7. The number of nitrogens with two attached hydrogens (primary N) is 1. The largest absolute Gasteiger partial charge is 0.495 e. The second-order valence-electron chi connectivity index (χ2n) is 32.8. The summed E-state index contributed by atoms with van der Waals surface area (Å²) < 4.78 is 32.1. The molecule has 0 bridgehead atoms. The molecule has 3 aromatic heterocycles. The van der Waals surface area contributed by atoms with Gasteiger partial charge in [0.1, 0.15) is 30.7 Å². The molecule has 4 fully saturated rings. The first-order valence-electron chi connectivity index (χ1n) is 44.0. The molecule has 34 nitrogen and oxygen atoms in total. The highest BCUT2D eigenvalue weighted by Gasteiger charge is 2.46. The van der Waals surface area contributed by atoms with Gasteiger partial charge in [-0.3, -0.25) is 62.5 Å². The van der Waals surface area contributed by atoms with Crippen LogP contribution in [0.15, 0.2) is 201 Å². The summed E-state index contributed by atoms with van der Waals surface area (Å²) in [5, 5.41) is 20.5. The average molecular weight is 1840 g/mol. The Morgan fingerprint density at radius 2 is 1.29 bits per heavy atom. The van der Waals surface area contributed by atoms with Gasteiger partial charge in [0.15, 0.2) is 5.60 Å². The van der Waals surface area contributed by atoms with Crippen molar-refractivity contribution in [2.45, 2.75) is 117 Å². The molecule has 2 atom stereocenters. The molecule has 5 aliphatic rings. The molecular formula is C96H107N17O17S2. The molecule has 3 saturated heterocycles. The van der Waals surface area contributed by atoms with E-state index in [2.05, 4.69) is 76.8 Å². The predicted molar refractivity (Wildman–Crippen MR) is 496 cm³/mol. The molecule has 12 amide bonds. The lowest BCUT2D eigenvalue weighted by molar-refractivity contribution is -0.138. The maximum Gasteiger partial charge on any atom is 0.332 e. The van der Waals surface area contributed by atoms with Crippen LogP contribution in [0.25, 0.3) is 32.9 Å². The molecule has 6 aromatic carbocycles. The Kier molecular flexibility index (Phi) is 32.5. The minimum absolute atomic E-state index is 0.00313. The van der Waals surface area contributed by atoms with Crippen LogP contribution in [0, 0.1) is 11.8 Å². The Labute approximate surface area is 771 Å². The van der Waals surface area contributed by atoms with Gasteiger partial charge in [0, 0.05) is 128 Å². The highest BCUT2D eigenvalue weighted by Crippen LogP contribution is 2.46. The number of primary amides is 1. The number of nitrogens with zero attached hydrogens (tertiary/aromatic N) is 8. The number of amides is 12. The molecule has 4 aliphatic heterocycles. The first kappa shape index (κ1) is 95.0. The van der Waals surface area contributed by atoms with E-state index in [1.807, 2.05) is 115 Å². The van der Waals surface area contributed by atoms with E-state index in [9.17, 15) is 57.5 Å². The van der Waals surface area contributed by atoms with Crippen molar-refractivity contribution < 1.29 is 76.4 Å². The van der Waals surface area contributed by atoms with Crippen LogP contribution in [0.5, 0.6) is 5.75 Å². The smallest absolute Gasteiger partial charge is 0.332 e. The summed E-state index contributed by atoms with van der Waals surface area (Å²) in [5.41, 5.74) is 9.55. The van der Waals surface area contributed by atoms with Gasteiger partial charge in [-0.25, -0.2) is 19.7 Å². The van der Waals surface area contributed by atoms with E-state index in [1.54, 1.807) is 66.3 Å². The highest BCUT2D eigenvalue weighted by atomic mass is 32.2. The number of rotatable bonds is 43. The first-order valence-corrected chi connectivity index (χ1v) is 45.6. The van der Waals surface area contributed by atoms with Gasteiger partial charge in [0.25, 0.3) is 17.4 Å². The molecule has 132 heavy (non-hydrogen) atoms. The first-order chi connectivity index (χ1) is 64.0. The van der Waals surface area contributed by atoms with Crippen LogP contribution in [0.3, 0.4) is 0 Å². The fourth-order valence-electron chi connectivity index (χ4n) is 16.1. The van der Waals surface area contributed by atoms with Crippen molar-refractivity contribution in [3.8, 4) is 28.7 Å². The van der Waals surface area contributed by atoms with Crippen molar-refractivity contribution >= 4 is 122 Å². The zero-order valence-corrected chi connectivity index (χ0v) is 75.3. The van der Waals surface area contributed by atoms with Gasteiger partial charge in [-0.1, -0.05) is 138 Å². The summed E-state index contributed by atoms with van der Waals surface area (Å²) in [6.07, 6.45) is 8.27. The van der Waals surface area contributed by atoms with Gasteiger partial charge in [-0.05, 0) is 123 Å². The van der Waals surface area contributed by atoms with E-state index >= 15 is 0 Å². The molecule has 690 valence electrons. The molecule has 0 radical (unpaired) electrons. The lowest BCUT2D eigenvalue weighted by Gasteiger charge is -2.45. The van der Waals surface area contributed by atoms with Crippen molar-refractivity contribution in [2.75, 3.05) is 129 Å². The topological polar surface area (TPSA) is 424 Å². The monoisotopic (exact) mass is 1830 g/mol. The van der Waals surface area contributed by atoms with Crippen molar-refractivity contribution in [3.05, 3.63) is 219 Å². The molecule has 0 unspecified atom stereocenters. The number of piperidine rings is 2. The molecule has 1 aliphatic carbocycles. The second kappa shape index (κ2) is 45.1. The number of carbonyl (C=O) groups excluding carboxylic acids is 11. The lowest BCUT2D eigenvalue weighted by Crippen LogP contribution is -2.56. The number of fused-ring (bicyclic) bond motifs is 2. The number of aromatic nitrogens is 4. The van der Waals surface area contributed by atoms with Gasteiger partial charge >= 0.3 is 6.03 Å². The molecular weight excluding hydrogens is 1730 g/mol. The summed E-state index contributed by atoms with van der Waals surface area (Å²) in [6.45, 7) is 3.61. The quantitative estimate of drug-likeness (QED) is 0.00838. The van der Waals surface area contributed by atoms with Crippen LogP contribution in [0.2, 0.25) is 0 Å². The third kappa shape index (κ3) is 24.7. The fourth-order valence-corrected chi connectivity index (χ4v) is 18.1. The molecule has 0 spiro atoms. The normalized spacial score (nSPS) is 16.1. The van der Waals surface area contributed by atoms with E-state index in [4.69, 9.17) is 39.4 Å². The fraction of sp³-hybridized carbons (Fsp3) is 0.375. The van der Waals surface area contributed by atoms with Gasteiger partial charge in [-0.15, -0.1) is 0 Å². The van der Waals surface area contributed by atoms with Crippen LogP contribution >= 0.6 is 23.5 Å². The number of aryl methyl sites for hydroxylation is 1. The van der Waals surface area contributed by atoms with Gasteiger partial charge in [-0.2, -0.15) is 0 Å². The minimum Gasteiger partial charge on any atom is -0.495 e. The lowest BCUT2D eigenvalue weighted by atomic mass is 9.87. The van der Waals surface area contributed by atoms with Crippen molar-refractivity contribution in [1.29, 1.82) is 0 Å². The van der Waals surface area contributed by atoms with Crippen molar-refractivity contribution in [3.63, 3.8) is 0 Å². The van der Waals surface area contributed by atoms with Crippen LogP contribution in [0.1, 0.15) is 93.5 Å². The molecule has 10 N–H and O–H groups in total. The molecule has 1 saturated carbocycles. The number of urea groups is 1. The van der Waals surface area contributed by atoms with Gasteiger partial charge in [0.2, 0.25) is 53.2 Å². The molecule has 7 heterocycles. The number of H-pyrrole nitrogens is 1. The number of pyridine rings is 1. The Balaban J connectivity index is 0.517. The van der Waals surface area contributed by atoms with Gasteiger partial charge < -0.3 is 86.0 Å². The van der Waals surface area contributed by atoms with E-state index in [1.165, 1.54) is 40.4 Å².